The van der Waals surface area contributed by atoms with Gasteiger partial charge in [0.2, 0.25) is 5.91 Å². The predicted molar refractivity (Wildman–Crippen MR) is 80.5 cm³/mol. The van der Waals surface area contributed by atoms with Crippen LogP contribution in [0.15, 0.2) is 18.2 Å². The molecule has 0 fully saturated rings. The van der Waals surface area contributed by atoms with E-state index in [1.54, 1.807) is 0 Å². The molecule has 110 valence electrons. The van der Waals surface area contributed by atoms with Crippen molar-refractivity contribution >= 4 is 17.6 Å². The van der Waals surface area contributed by atoms with Crippen LogP contribution in [0.2, 0.25) is 0 Å². The van der Waals surface area contributed by atoms with Gasteiger partial charge in [-0.05, 0) is 43.0 Å². The number of nitrogens with one attached hydrogen (secondary N) is 2. The van der Waals surface area contributed by atoms with Crippen molar-refractivity contribution in [2.45, 2.75) is 40.2 Å². The van der Waals surface area contributed by atoms with Crippen molar-refractivity contribution in [2.24, 2.45) is 11.7 Å². The SMILES string of the molecule is CC[C@H](C)[C@@H](NC(N)=O)C(=O)Nc1ccc(C)c(C)c1. The molecule has 0 aliphatic rings. The lowest BCUT2D eigenvalue weighted by molar-refractivity contribution is -0.119. The normalized spacial score (nSPS) is 13.4. The summed E-state index contributed by atoms with van der Waals surface area (Å²) < 4.78 is 0. The van der Waals surface area contributed by atoms with Gasteiger partial charge < -0.3 is 16.4 Å². The van der Waals surface area contributed by atoms with Crippen LogP contribution >= 0.6 is 0 Å². The van der Waals surface area contributed by atoms with Gasteiger partial charge in [0.15, 0.2) is 0 Å². The van der Waals surface area contributed by atoms with Crippen LogP contribution in [0.4, 0.5) is 10.5 Å². The van der Waals surface area contributed by atoms with E-state index in [0.717, 1.165) is 23.2 Å². The van der Waals surface area contributed by atoms with Crippen LogP contribution < -0.4 is 16.4 Å². The summed E-state index contributed by atoms with van der Waals surface area (Å²) in [6.45, 7) is 7.86. The van der Waals surface area contributed by atoms with E-state index < -0.39 is 12.1 Å². The van der Waals surface area contributed by atoms with Gasteiger partial charge in [-0.2, -0.15) is 0 Å². The molecule has 1 aromatic carbocycles. The second-order valence-corrected chi connectivity index (χ2v) is 5.16. The molecule has 1 aromatic rings. The highest BCUT2D eigenvalue weighted by Crippen LogP contribution is 2.16. The fraction of sp³-hybridized carbons (Fsp3) is 0.467. The molecule has 5 heteroatoms. The van der Waals surface area contributed by atoms with Crippen molar-refractivity contribution in [3.63, 3.8) is 0 Å². The van der Waals surface area contributed by atoms with Gasteiger partial charge in [0.05, 0.1) is 0 Å². The number of hydrogen-bond acceptors (Lipinski definition) is 2. The maximum Gasteiger partial charge on any atom is 0.312 e. The summed E-state index contributed by atoms with van der Waals surface area (Å²) in [7, 11) is 0. The van der Waals surface area contributed by atoms with Crippen LogP contribution in [-0.4, -0.2) is 18.0 Å². The lowest BCUT2D eigenvalue weighted by atomic mass is 9.98. The Morgan fingerprint density at radius 2 is 1.90 bits per heavy atom. The monoisotopic (exact) mass is 277 g/mol. The van der Waals surface area contributed by atoms with Gasteiger partial charge in [-0.3, -0.25) is 4.79 Å². The Morgan fingerprint density at radius 3 is 2.40 bits per heavy atom. The number of rotatable bonds is 5. The van der Waals surface area contributed by atoms with E-state index in [1.807, 2.05) is 45.9 Å². The Labute approximate surface area is 119 Å². The zero-order valence-corrected chi connectivity index (χ0v) is 12.5. The number of primary amides is 1. The number of hydrogen-bond donors (Lipinski definition) is 3. The van der Waals surface area contributed by atoms with Crippen molar-refractivity contribution < 1.29 is 9.59 Å². The highest BCUT2D eigenvalue weighted by molar-refractivity contribution is 5.97. The predicted octanol–water partition coefficient (Wildman–Crippen LogP) is 2.32. The van der Waals surface area contributed by atoms with Crippen LogP contribution in [0.3, 0.4) is 0 Å². The summed E-state index contributed by atoms with van der Waals surface area (Å²) in [5.74, 6) is -0.240. The zero-order valence-electron chi connectivity index (χ0n) is 12.5. The van der Waals surface area contributed by atoms with Crippen LogP contribution in [0, 0.1) is 19.8 Å². The number of aryl methyl sites for hydroxylation is 2. The number of benzene rings is 1. The lowest BCUT2D eigenvalue weighted by Crippen LogP contribution is -2.49. The maximum absolute atomic E-state index is 12.3. The highest BCUT2D eigenvalue weighted by atomic mass is 16.2. The summed E-state index contributed by atoms with van der Waals surface area (Å²) in [5.41, 5.74) is 8.12. The maximum atomic E-state index is 12.3. The molecule has 1 rings (SSSR count). The first-order valence-electron chi connectivity index (χ1n) is 6.79. The second-order valence-electron chi connectivity index (χ2n) is 5.16. The summed E-state index contributed by atoms with van der Waals surface area (Å²) in [6, 6.07) is 4.39. The Balaban J connectivity index is 2.84. The number of urea groups is 1. The molecule has 0 aromatic heterocycles. The zero-order chi connectivity index (χ0) is 15.3. The number of carbonyl (C=O) groups is 2. The van der Waals surface area contributed by atoms with E-state index in [2.05, 4.69) is 10.6 Å². The molecule has 20 heavy (non-hydrogen) atoms. The molecule has 2 atom stereocenters. The standard InChI is InChI=1S/C15H23N3O2/c1-5-9(2)13(18-15(16)20)14(19)17-12-7-6-10(3)11(4)8-12/h6-9,13H,5H2,1-4H3,(H,17,19)(H3,16,18,20)/t9-,13+/m0/s1. The van der Waals surface area contributed by atoms with E-state index in [9.17, 15) is 9.59 Å². The van der Waals surface area contributed by atoms with Gasteiger partial charge in [0.1, 0.15) is 6.04 Å². The highest BCUT2D eigenvalue weighted by Gasteiger charge is 2.25. The molecule has 0 aliphatic heterocycles. The average Bonchev–Trinajstić information content (AvgIpc) is 2.39. The molecule has 4 N–H and O–H groups in total. The van der Waals surface area contributed by atoms with E-state index >= 15 is 0 Å². The quantitative estimate of drug-likeness (QED) is 0.771. The molecule has 0 saturated heterocycles. The van der Waals surface area contributed by atoms with Gasteiger partial charge in [0.25, 0.3) is 0 Å². The largest absolute Gasteiger partial charge is 0.352 e. The Kier molecular flexibility index (Phi) is 5.55. The summed E-state index contributed by atoms with van der Waals surface area (Å²) in [5, 5.41) is 5.32. The van der Waals surface area contributed by atoms with Gasteiger partial charge in [-0.25, -0.2) is 4.79 Å². The Hall–Kier alpha value is -2.04. The number of anilines is 1. The molecule has 0 spiro atoms. The van der Waals surface area contributed by atoms with Gasteiger partial charge in [0, 0.05) is 5.69 Å². The summed E-state index contributed by atoms with van der Waals surface area (Å²) >= 11 is 0. The molecule has 0 radical (unpaired) electrons. The molecular formula is C15H23N3O2. The third-order valence-electron chi connectivity index (χ3n) is 3.57. The fourth-order valence-electron chi connectivity index (χ4n) is 1.89. The van der Waals surface area contributed by atoms with Crippen LogP contribution in [0.25, 0.3) is 0 Å². The van der Waals surface area contributed by atoms with Crippen molar-refractivity contribution in [2.75, 3.05) is 5.32 Å². The Bertz CT molecular complexity index is 500. The summed E-state index contributed by atoms with van der Waals surface area (Å²) in [6.07, 6.45) is 0.769. The molecule has 0 unspecified atom stereocenters. The van der Waals surface area contributed by atoms with Crippen LogP contribution in [0.1, 0.15) is 31.4 Å². The van der Waals surface area contributed by atoms with Crippen LogP contribution in [0.5, 0.6) is 0 Å². The minimum absolute atomic E-state index is 0.00838. The summed E-state index contributed by atoms with van der Waals surface area (Å²) in [4.78, 5) is 23.3. The van der Waals surface area contributed by atoms with Crippen molar-refractivity contribution in [3.8, 4) is 0 Å². The minimum atomic E-state index is -0.689. The average molecular weight is 277 g/mol. The number of carbonyl (C=O) groups excluding carboxylic acids is 2. The molecule has 5 nitrogen and oxygen atoms in total. The third kappa shape index (κ3) is 4.26. The number of nitrogens with two attached hydrogens (primary N) is 1. The van der Waals surface area contributed by atoms with Gasteiger partial charge in [-0.1, -0.05) is 26.3 Å². The Morgan fingerprint density at radius 1 is 1.25 bits per heavy atom. The number of amides is 3. The lowest BCUT2D eigenvalue weighted by Gasteiger charge is -2.22. The van der Waals surface area contributed by atoms with Crippen molar-refractivity contribution in [1.29, 1.82) is 0 Å². The molecule has 0 heterocycles. The first-order valence-corrected chi connectivity index (χ1v) is 6.79. The first-order chi connectivity index (χ1) is 9.35. The second kappa shape index (κ2) is 6.93. The van der Waals surface area contributed by atoms with E-state index in [-0.39, 0.29) is 11.8 Å². The molecule has 0 bridgehead atoms. The molecular weight excluding hydrogens is 254 g/mol. The van der Waals surface area contributed by atoms with Gasteiger partial charge in [-0.15, -0.1) is 0 Å². The van der Waals surface area contributed by atoms with Crippen molar-refractivity contribution in [3.05, 3.63) is 29.3 Å². The minimum Gasteiger partial charge on any atom is -0.352 e. The first kappa shape index (κ1) is 16.0. The van der Waals surface area contributed by atoms with Crippen LogP contribution in [-0.2, 0) is 4.79 Å². The smallest absolute Gasteiger partial charge is 0.312 e. The topological polar surface area (TPSA) is 84.2 Å². The van der Waals surface area contributed by atoms with E-state index in [1.165, 1.54) is 0 Å². The molecule has 0 saturated carbocycles. The van der Waals surface area contributed by atoms with E-state index in [0.29, 0.717) is 0 Å². The van der Waals surface area contributed by atoms with Crippen molar-refractivity contribution in [1.82, 2.24) is 5.32 Å². The van der Waals surface area contributed by atoms with E-state index in [4.69, 9.17) is 5.73 Å². The molecule has 0 aliphatic carbocycles. The molecule has 3 amide bonds. The van der Waals surface area contributed by atoms with Gasteiger partial charge >= 0.3 is 6.03 Å². The fourth-order valence-corrected chi connectivity index (χ4v) is 1.89. The third-order valence-corrected chi connectivity index (χ3v) is 3.57.